The molecule has 0 unspecified atom stereocenters. The largest absolute Gasteiger partial charge is 0.416 e. The first-order valence-corrected chi connectivity index (χ1v) is 11.4. The van der Waals surface area contributed by atoms with Crippen LogP contribution in [0.4, 0.5) is 24.5 Å². The summed E-state index contributed by atoms with van der Waals surface area (Å²) in [6, 6.07) is 10.1. The Morgan fingerprint density at radius 1 is 1.11 bits per heavy atom. The van der Waals surface area contributed by atoms with Crippen molar-refractivity contribution < 1.29 is 22.7 Å². The fraction of sp³-hybridized carbons (Fsp3) is 0.308. The van der Waals surface area contributed by atoms with E-state index in [-0.39, 0.29) is 23.2 Å². The molecule has 0 aliphatic carbocycles. The molecule has 36 heavy (non-hydrogen) atoms. The Bertz CT molecular complexity index is 1350. The lowest BCUT2D eigenvalue weighted by atomic mass is 10.00. The quantitative estimate of drug-likeness (QED) is 0.554. The number of alkyl halides is 3. The van der Waals surface area contributed by atoms with Crippen LogP contribution in [0, 0.1) is 6.92 Å². The molecule has 10 heteroatoms. The zero-order chi connectivity index (χ0) is 26.0. The third-order valence-corrected chi connectivity index (χ3v) is 6.14. The highest BCUT2D eigenvalue weighted by Gasteiger charge is 2.31. The number of ether oxygens (including phenoxy) is 1. The van der Waals surface area contributed by atoms with Crippen molar-refractivity contribution in [3.05, 3.63) is 81.3 Å². The van der Waals surface area contributed by atoms with Gasteiger partial charge in [0.15, 0.2) is 0 Å². The Morgan fingerprint density at radius 3 is 2.50 bits per heavy atom. The summed E-state index contributed by atoms with van der Waals surface area (Å²) in [4.78, 5) is 27.6. The predicted molar refractivity (Wildman–Crippen MR) is 132 cm³/mol. The van der Waals surface area contributed by atoms with Crippen molar-refractivity contribution in [2.45, 2.75) is 19.6 Å². The van der Waals surface area contributed by atoms with Crippen LogP contribution in [0.5, 0.6) is 0 Å². The number of rotatable bonds is 5. The summed E-state index contributed by atoms with van der Waals surface area (Å²) >= 11 is 0. The molecule has 1 aliphatic heterocycles. The molecule has 0 radical (unpaired) electrons. The van der Waals surface area contributed by atoms with Gasteiger partial charge in [-0.2, -0.15) is 13.2 Å². The summed E-state index contributed by atoms with van der Waals surface area (Å²) in [6.45, 7) is 4.06. The van der Waals surface area contributed by atoms with Crippen LogP contribution in [0.15, 0.2) is 53.5 Å². The average molecular weight is 501 g/mol. The molecular weight excluding hydrogens is 473 g/mol. The number of anilines is 2. The number of hydrogen-bond donors (Lipinski definition) is 2. The Labute approximate surface area is 206 Å². The van der Waals surface area contributed by atoms with Crippen LogP contribution in [0.25, 0.3) is 11.1 Å². The van der Waals surface area contributed by atoms with E-state index >= 15 is 0 Å². The highest BCUT2D eigenvalue weighted by Crippen LogP contribution is 2.32. The first kappa shape index (κ1) is 25.5. The summed E-state index contributed by atoms with van der Waals surface area (Å²) in [6.07, 6.45) is -2.88. The number of benzene rings is 2. The van der Waals surface area contributed by atoms with Gasteiger partial charge in [-0.3, -0.25) is 9.59 Å². The van der Waals surface area contributed by atoms with Crippen molar-refractivity contribution in [1.29, 1.82) is 0 Å². The van der Waals surface area contributed by atoms with E-state index in [1.165, 1.54) is 10.6 Å². The van der Waals surface area contributed by atoms with E-state index in [1.807, 2.05) is 24.0 Å². The van der Waals surface area contributed by atoms with E-state index < -0.39 is 17.6 Å². The molecule has 190 valence electrons. The molecular formula is C26H27F3N4O3. The fourth-order valence-corrected chi connectivity index (χ4v) is 4.19. The second-order valence-corrected chi connectivity index (χ2v) is 8.73. The third kappa shape index (κ3) is 5.44. The van der Waals surface area contributed by atoms with Gasteiger partial charge < -0.3 is 25.3 Å². The van der Waals surface area contributed by atoms with E-state index in [0.717, 1.165) is 28.8 Å². The molecule has 1 amide bonds. The molecule has 0 atom stereocenters. The standard InChI is InChI=1S/C26H27F3N4O3/c1-16-3-4-21(31-24(34)18-9-17(14-30)10-20(11-18)26(27,28)29)13-22(16)19-12-23(25(35)32(2)15-19)33-5-7-36-8-6-33/h3-4,9-13,15H,5-8,14,30H2,1-2H3,(H,31,34). The van der Waals surface area contributed by atoms with Gasteiger partial charge in [-0.25, -0.2) is 0 Å². The summed E-state index contributed by atoms with van der Waals surface area (Å²) < 4.78 is 46.8. The minimum Gasteiger partial charge on any atom is -0.378 e. The average Bonchev–Trinajstić information content (AvgIpc) is 2.86. The van der Waals surface area contributed by atoms with Gasteiger partial charge in [-0.15, -0.1) is 0 Å². The van der Waals surface area contributed by atoms with Crippen molar-refractivity contribution in [1.82, 2.24) is 4.57 Å². The molecule has 1 saturated heterocycles. The monoisotopic (exact) mass is 500 g/mol. The van der Waals surface area contributed by atoms with Gasteiger partial charge in [-0.05, 0) is 60.0 Å². The highest BCUT2D eigenvalue weighted by molar-refractivity contribution is 6.04. The molecule has 1 aromatic heterocycles. The lowest BCUT2D eigenvalue weighted by Crippen LogP contribution is -2.40. The predicted octanol–water partition coefficient (Wildman–Crippen LogP) is 3.93. The van der Waals surface area contributed by atoms with Crippen molar-refractivity contribution in [2.75, 3.05) is 36.5 Å². The van der Waals surface area contributed by atoms with Gasteiger partial charge in [0, 0.05) is 49.7 Å². The molecule has 4 rings (SSSR count). The Balaban J connectivity index is 1.67. The van der Waals surface area contributed by atoms with Crippen molar-refractivity contribution in [3.63, 3.8) is 0 Å². The summed E-state index contributed by atoms with van der Waals surface area (Å²) in [5, 5.41) is 2.69. The number of carbonyl (C=O) groups is 1. The number of aryl methyl sites for hydroxylation is 2. The molecule has 3 N–H and O–H groups in total. The zero-order valence-corrected chi connectivity index (χ0v) is 20.0. The number of aromatic nitrogens is 1. The van der Waals surface area contributed by atoms with Gasteiger partial charge in [0.1, 0.15) is 5.69 Å². The number of nitrogens with two attached hydrogens (primary N) is 1. The minimum atomic E-state index is -4.60. The Kier molecular flexibility index (Phi) is 7.18. The second-order valence-electron chi connectivity index (χ2n) is 8.73. The van der Waals surface area contributed by atoms with Crippen LogP contribution >= 0.6 is 0 Å². The van der Waals surface area contributed by atoms with Crippen LogP contribution < -0.4 is 21.5 Å². The lowest BCUT2D eigenvalue weighted by molar-refractivity contribution is -0.137. The summed E-state index contributed by atoms with van der Waals surface area (Å²) in [5.41, 5.74) is 8.00. The zero-order valence-electron chi connectivity index (χ0n) is 20.0. The third-order valence-electron chi connectivity index (χ3n) is 6.14. The van der Waals surface area contributed by atoms with Crippen LogP contribution in [-0.2, 0) is 24.5 Å². The number of amides is 1. The summed E-state index contributed by atoms with van der Waals surface area (Å²) in [7, 11) is 1.68. The van der Waals surface area contributed by atoms with Crippen molar-refractivity contribution in [3.8, 4) is 11.1 Å². The normalized spacial score (nSPS) is 14.1. The summed E-state index contributed by atoms with van der Waals surface area (Å²) in [5.74, 6) is -0.680. The van der Waals surface area contributed by atoms with Gasteiger partial charge >= 0.3 is 6.18 Å². The molecule has 0 bridgehead atoms. The number of morpholine rings is 1. The van der Waals surface area contributed by atoms with Gasteiger partial charge in [0.05, 0.1) is 18.8 Å². The van der Waals surface area contributed by atoms with E-state index in [4.69, 9.17) is 10.5 Å². The Morgan fingerprint density at radius 2 is 1.83 bits per heavy atom. The molecule has 2 heterocycles. The van der Waals surface area contributed by atoms with E-state index in [2.05, 4.69) is 5.32 Å². The van der Waals surface area contributed by atoms with Gasteiger partial charge in [0.2, 0.25) is 0 Å². The SMILES string of the molecule is Cc1ccc(NC(=O)c2cc(CN)cc(C(F)(F)F)c2)cc1-c1cc(N2CCOCC2)c(=O)n(C)c1. The topological polar surface area (TPSA) is 89.6 Å². The number of nitrogens with one attached hydrogen (secondary N) is 1. The molecule has 0 spiro atoms. The molecule has 2 aromatic carbocycles. The fourth-order valence-electron chi connectivity index (χ4n) is 4.19. The number of pyridine rings is 1. The van der Waals surface area contributed by atoms with Crippen LogP contribution in [-0.4, -0.2) is 36.8 Å². The lowest BCUT2D eigenvalue weighted by Gasteiger charge is -2.29. The molecule has 7 nitrogen and oxygen atoms in total. The minimum absolute atomic E-state index is 0.122. The van der Waals surface area contributed by atoms with Crippen molar-refractivity contribution in [2.24, 2.45) is 12.8 Å². The second kappa shape index (κ2) is 10.2. The van der Waals surface area contributed by atoms with E-state index in [9.17, 15) is 22.8 Å². The van der Waals surface area contributed by atoms with E-state index in [0.29, 0.717) is 37.7 Å². The smallest absolute Gasteiger partial charge is 0.378 e. The maximum Gasteiger partial charge on any atom is 0.416 e. The van der Waals surface area contributed by atoms with Crippen LogP contribution in [0.3, 0.4) is 0 Å². The van der Waals surface area contributed by atoms with Crippen LogP contribution in [0.2, 0.25) is 0 Å². The maximum absolute atomic E-state index is 13.3. The van der Waals surface area contributed by atoms with Gasteiger partial charge in [-0.1, -0.05) is 6.07 Å². The number of halogens is 3. The molecule has 1 fully saturated rings. The van der Waals surface area contributed by atoms with E-state index in [1.54, 1.807) is 25.4 Å². The maximum atomic E-state index is 13.3. The number of hydrogen-bond acceptors (Lipinski definition) is 5. The molecule has 3 aromatic rings. The number of nitrogens with zero attached hydrogens (tertiary/aromatic N) is 2. The highest BCUT2D eigenvalue weighted by atomic mass is 19.4. The molecule has 0 saturated carbocycles. The first-order chi connectivity index (χ1) is 17.1. The van der Waals surface area contributed by atoms with Crippen LogP contribution in [0.1, 0.15) is 27.0 Å². The van der Waals surface area contributed by atoms with Gasteiger partial charge in [0.25, 0.3) is 11.5 Å². The Hall–Kier alpha value is -3.63. The first-order valence-electron chi connectivity index (χ1n) is 11.4. The number of carbonyl (C=O) groups excluding carboxylic acids is 1. The molecule has 1 aliphatic rings. The van der Waals surface area contributed by atoms with Crippen molar-refractivity contribution >= 4 is 17.3 Å².